The van der Waals surface area contributed by atoms with Crippen LogP contribution in [0.25, 0.3) is 0 Å². The summed E-state index contributed by atoms with van der Waals surface area (Å²) in [6, 6.07) is 0. The number of hydrogen-bond donors (Lipinski definition) is 0. The standard InChI is InChI=1S/C41H75N3O9/c1-4-6-8-10-12-14-16-18-20-22-24-39(45)52-36-38(53-41(47)25-23-21-19-17-15-13-11-9-7-5-2)35-44-34-37(42-43-44)26-27-40(46)51-33-32-50-31-30-49-29-28-48-3/h34,38H,4-33,35-36H2,1-3H3. The summed E-state index contributed by atoms with van der Waals surface area (Å²) in [5.41, 5.74) is 0.611. The van der Waals surface area contributed by atoms with Gasteiger partial charge < -0.3 is 28.4 Å². The van der Waals surface area contributed by atoms with E-state index in [1.54, 1.807) is 18.0 Å². The first-order chi connectivity index (χ1) is 26.0. The number of aromatic nitrogens is 3. The van der Waals surface area contributed by atoms with Gasteiger partial charge in [-0.1, -0.05) is 135 Å². The van der Waals surface area contributed by atoms with Gasteiger partial charge in [-0.25, -0.2) is 4.68 Å². The second-order valence-electron chi connectivity index (χ2n) is 14.0. The summed E-state index contributed by atoms with van der Waals surface area (Å²) >= 11 is 0. The van der Waals surface area contributed by atoms with Gasteiger partial charge in [0.2, 0.25) is 0 Å². The highest BCUT2D eigenvalue weighted by molar-refractivity contribution is 5.70. The minimum Gasteiger partial charge on any atom is -0.463 e. The molecule has 0 saturated heterocycles. The van der Waals surface area contributed by atoms with Crippen LogP contribution in [0.5, 0.6) is 0 Å². The molecule has 1 unspecified atom stereocenters. The maximum absolute atomic E-state index is 12.8. The summed E-state index contributed by atoms with van der Waals surface area (Å²) < 4.78 is 33.8. The summed E-state index contributed by atoms with van der Waals surface area (Å²) in [4.78, 5) is 37.6. The Bertz CT molecular complexity index is 1010. The minimum absolute atomic E-state index is 0.0385. The molecular weight excluding hydrogens is 678 g/mol. The molecular formula is C41H75N3O9. The van der Waals surface area contributed by atoms with Crippen LogP contribution in [0, 0.1) is 0 Å². The zero-order chi connectivity index (χ0) is 38.5. The molecule has 1 aromatic heterocycles. The predicted octanol–water partition coefficient (Wildman–Crippen LogP) is 8.51. The Hall–Kier alpha value is -2.57. The van der Waals surface area contributed by atoms with Gasteiger partial charge in [0.25, 0.3) is 0 Å². The van der Waals surface area contributed by atoms with Crippen molar-refractivity contribution in [2.45, 2.75) is 181 Å². The van der Waals surface area contributed by atoms with Crippen molar-refractivity contribution in [1.29, 1.82) is 0 Å². The predicted molar refractivity (Wildman–Crippen MR) is 207 cm³/mol. The third-order valence-corrected chi connectivity index (χ3v) is 9.05. The van der Waals surface area contributed by atoms with Gasteiger partial charge in [0, 0.05) is 32.6 Å². The van der Waals surface area contributed by atoms with Crippen LogP contribution in [0.2, 0.25) is 0 Å². The Labute approximate surface area is 321 Å². The number of aryl methyl sites for hydroxylation is 1. The minimum atomic E-state index is -0.688. The van der Waals surface area contributed by atoms with Crippen molar-refractivity contribution in [3.05, 3.63) is 11.9 Å². The third-order valence-electron chi connectivity index (χ3n) is 9.05. The number of methoxy groups -OCH3 is 1. The quantitative estimate of drug-likeness (QED) is 0.0363. The molecule has 0 spiro atoms. The van der Waals surface area contributed by atoms with Gasteiger partial charge in [-0.2, -0.15) is 0 Å². The van der Waals surface area contributed by atoms with Gasteiger partial charge in [-0.05, 0) is 12.8 Å². The molecule has 12 nitrogen and oxygen atoms in total. The van der Waals surface area contributed by atoms with Crippen molar-refractivity contribution in [3.63, 3.8) is 0 Å². The van der Waals surface area contributed by atoms with Crippen molar-refractivity contribution >= 4 is 17.9 Å². The van der Waals surface area contributed by atoms with E-state index in [1.165, 1.54) is 89.9 Å². The van der Waals surface area contributed by atoms with Crippen LogP contribution >= 0.6 is 0 Å². The summed E-state index contributed by atoms with van der Waals surface area (Å²) in [5, 5.41) is 8.34. The lowest BCUT2D eigenvalue weighted by Gasteiger charge is -2.18. The van der Waals surface area contributed by atoms with Crippen LogP contribution in [0.1, 0.15) is 167 Å². The fourth-order valence-corrected chi connectivity index (χ4v) is 5.87. The van der Waals surface area contributed by atoms with Crippen LogP contribution in [-0.4, -0.2) is 92.4 Å². The maximum Gasteiger partial charge on any atom is 0.306 e. The van der Waals surface area contributed by atoms with Crippen LogP contribution < -0.4 is 0 Å². The van der Waals surface area contributed by atoms with E-state index < -0.39 is 6.10 Å². The molecule has 0 aliphatic rings. The van der Waals surface area contributed by atoms with E-state index in [1.807, 2.05) is 0 Å². The van der Waals surface area contributed by atoms with Gasteiger partial charge in [0.1, 0.15) is 13.2 Å². The van der Waals surface area contributed by atoms with Gasteiger partial charge in [0.05, 0.1) is 51.7 Å². The molecule has 1 atom stereocenters. The van der Waals surface area contributed by atoms with Crippen LogP contribution in [0.3, 0.4) is 0 Å². The largest absolute Gasteiger partial charge is 0.463 e. The number of esters is 3. The lowest BCUT2D eigenvalue weighted by atomic mass is 10.1. The molecule has 53 heavy (non-hydrogen) atoms. The van der Waals surface area contributed by atoms with Crippen LogP contribution in [0.15, 0.2) is 6.20 Å². The van der Waals surface area contributed by atoms with Crippen molar-refractivity contribution in [1.82, 2.24) is 15.0 Å². The number of carbonyl (C=O) groups excluding carboxylic acids is 3. The van der Waals surface area contributed by atoms with Crippen molar-refractivity contribution in [2.24, 2.45) is 0 Å². The topological polar surface area (TPSA) is 137 Å². The fraction of sp³-hybridized carbons (Fsp3) is 0.878. The number of nitrogens with zero attached hydrogens (tertiary/aromatic N) is 3. The number of rotatable bonds is 39. The monoisotopic (exact) mass is 754 g/mol. The van der Waals surface area contributed by atoms with E-state index in [0.29, 0.717) is 58.0 Å². The number of hydrogen-bond acceptors (Lipinski definition) is 11. The first-order valence-electron chi connectivity index (χ1n) is 21.0. The molecule has 0 radical (unpaired) electrons. The Balaban J connectivity index is 2.44. The lowest BCUT2D eigenvalue weighted by molar-refractivity contribution is -0.160. The van der Waals surface area contributed by atoms with Gasteiger partial charge in [-0.3, -0.25) is 14.4 Å². The zero-order valence-corrected chi connectivity index (χ0v) is 33.8. The van der Waals surface area contributed by atoms with Gasteiger partial charge >= 0.3 is 17.9 Å². The summed E-state index contributed by atoms with van der Waals surface area (Å²) in [6.45, 7) is 6.99. The average molecular weight is 754 g/mol. The molecule has 0 aliphatic carbocycles. The summed E-state index contributed by atoms with van der Waals surface area (Å²) in [6.07, 6.45) is 26.0. The highest BCUT2D eigenvalue weighted by atomic mass is 16.6. The summed E-state index contributed by atoms with van der Waals surface area (Å²) in [5.74, 6) is -0.933. The maximum atomic E-state index is 12.8. The molecule has 0 bridgehead atoms. The SMILES string of the molecule is CCCCCCCCCCCCC(=O)OCC(Cn1cc(CCC(=O)OCCOCCOCCOC)nn1)OC(=O)CCCCCCCCCCCC. The Morgan fingerprint density at radius 2 is 1.06 bits per heavy atom. The molecule has 308 valence electrons. The van der Waals surface area contributed by atoms with E-state index in [4.69, 9.17) is 28.4 Å². The highest BCUT2D eigenvalue weighted by Crippen LogP contribution is 2.14. The Kier molecular flexibility index (Phi) is 33.3. The van der Waals surface area contributed by atoms with E-state index in [2.05, 4.69) is 24.2 Å². The molecule has 0 saturated carbocycles. The van der Waals surface area contributed by atoms with Crippen molar-refractivity contribution in [3.8, 4) is 0 Å². The Morgan fingerprint density at radius 3 is 1.60 bits per heavy atom. The molecule has 0 amide bonds. The molecule has 12 heteroatoms. The second kappa shape index (κ2) is 36.4. The normalized spacial score (nSPS) is 11.8. The van der Waals surface area contributed by atoms with Crippen molar-refractivity contribution < 1.29 is 42.8 Å². The van der Waals surface area contributed by atoms with Gasteiger partial charge in [-0.15, -0.1) is 5.10 Å². The number of unbranched alkanes of at least 4 members (excludes halogenated alkanes) is 18. The van der Waals surface area contributed by atoms with E-state index >= 15 is 0 Å². The first kappa shape index (κ1) is 48.4. The van der Waals surface area contributed by atoms with Crippen LogP contribution in [-0.2, 0) is 55.8 Å². The number of carbonyl (C=O) groups is 3. The molecule has 1 rings (SSSR count). The molecule has 0 fully saturated rings. The summed E-state index contributed by atoms with van der Waals surface area (Å²) in [7, 11) is 1.62. The first-order valence-corrected chi connectivity index (χ1v) is 21.0. The number of ether oxygens (including phenoxy) is 6. The molecule has 0 aromatic carbocycles. The van der Waals surface area contributed by atoms with E-state index in [9.17, 15) is 14.4 Å². The molecule has 1 aromatic rings. The smallest absolute Gasteiger partial charge is 0.306 e. The Morgan fingerprint density at radius 1 is 0.585 bits per heavy atom. The zero-order valence-electron chi connectivity index (χ0n) is 33.8. The fourth-order valence-electron chi connectivity index (χ4n) is 5.87. The molecule has 1 heterocycles. The molecule has 0 N–H and O–H groups in total. The second-order valence-corrected chi connectivity index (χ2v) is 14.0. The lowest BCUT2D eigenvalue weighted by Crippen LogP contribution is -2.30. The third kappa shape index (κ3) is 31.5. The highest BCUT2D eigenvalue weighted by Gasteiger charge is 2.19. The van der Waals surface area contributed by atoms with Gasteiger partial charge in [0.15, 0.2) is 6.10 Å². The van der Waals surface area contributed by atoms with Crippen LogP contribution in [0.4, 0.5) is 0 Å². The van der Waals surface area contributed by atoms with E-state index in [0.717, 1.165) is 38.5 Å². The van der Waals surface area contributed by atoms with Crippen molar-refractivity contribution in [2.75, 3.05) is 53.4 Å². The molecule has 0 aliphatic heterocycles. The van der Waals surface area contributed by atoms with E-state index in [-0.39, 0.29) is 44.1 Å². The average Bonchev–Trinajstić information content (AvgIpc) is 3.60.